The van der Waals surface area contributed by atoms with Gasteiger partial charge >= 0.3 is 5.97 Å². The number of hydrogen-bond acceptors (Lipinski definition) is 6. The minimum Gasteiger partial charge on any atom is -0.465 e. The van der Waals surface area contributed by atoms with Crippen LogP contribution in [0.5, 0.6) is 0 Å². The Morgan fingerprint density at radius 2 is 1.89 bits per heavy atom. The highest BCUT2D eigenvalue weighted by Crippen LogP contribution is 2.25. The lowest BCUT2D eigenvalue weighted by Gasteiger charge is -2.20. The first-order valence-corrected chi connectivity index (χ1v) is 9.58. The van der Waals surface area contributed by atoms with Crippen LogP contribution >= 0.6 is 11.8 Å². The second-order valence-electron chi connectivity index (χ2n) is 5.99. The molecule has 0 saturated heterocycles. The molecule has 7 nitrogen and oxygen atoms in total. The molecule has 1 atom stereocenters. The number of thioether (sulfide) groups is 1. The second kappa shape index (κ2) is 9.18. The van der Waals surface area contributed by atoms with E-state index in [0.29, 0.717) is 10.9 Å². The largest absolute Gasteiger partial charge is 0.465 e. The molecule has 0 unspecified atom stereocenters. The number of amidine groups is 1. The standard InChI is InChI=1S/C20H19N3O4S/c1-27-19(26)14-9-5-6-10-15(14)21-18(25)12-28-20-22-16(11-17(24)23-20)13-7-3-2-4-8-13/h2-10,16H,11-12H2,1H3,(H,21,25)(H,22,23,24)/t16-/m0/s1. The third-order valence-electron chi connectivity index (χ3n) is 4.03. The van der Waals surface area contributed by atoms with Gasteiger partial charge in [-0.3, -0.25) is 14.6 Å². The van der Waals surface area contributed by atoms with Crippen LogP contribution in [0.25, 0.3) is 0 Å². The van der Waals surface area contributed by atoms with Gasteiger partial charge in [-0.1, -0.05) is 54.2 Å². The molecule has 0 radical (unpaired) electrons. The summed E-state index contributed by atoms with van der Waals surface area (Å²) >= 11 is 1.14. The number of hydrogen-bond donors (Lipinski definition) is 2. The molecular weight excluding hydrogens is 378 g/mol. The Morgan fingerprint density at radius 1 is 1.18 bits per heavy atom. The van der Waals surface area contributed by atoms with E-state index in [-0.39, 0.29) is 35.6 Å². The molecule has 1 aliphatic rings. The third kappa shape index (κ3) is 4.98. The topological polar surface area (TPSA) is 96.9 Å². The zero-order chi connectivity index (χ0) is 19.9. The lowest BCUT2D eigenvalue weighted by Crippen LogP contribution is -2.35. The van der Waals surface area contributed by atoms with Crippen LogP contribution in [0.3, 0.4) is 0 Å². The van der Waals surface area contributed by atoms with E-state index in [9.17, 15) is 14.4 Å². The number of carbonyl (C=O) groups is 3. The van der Waals surface area contributed by atoms with Gasteiger partial charge in [0.15, 0.2) is 5.17 Å². The SMILES string of the molecule is COC(=O)c1ccccc1NC(=O)CSC1=N[C@H](c2ccccc2)CC(=O)N1. The Labute approximate surface area is 166 Å². The summed E-state index contributed by atoms with van der Waals surface area (Å²) in [6.07, 6.45) is 0.271. The second-order valence-corrected chi connectivity index (χ2v) is 6.95. The van der Waals surface area contributed by atoms with Crippen molar-refractivity contribution in [3.05, 3.63) is 65.7 Å². The van der Waals surface area contributed by atoms with Gasteiger partial charge in [-0.2, -0.15) is 0 Å². The normalized spacial score (nSPS) is 16.0. The number of amides is 2. The molecule has 2 N–H and O–H groups in total. The quantitative estimate of drug-likeness (QED) is 0.756. The molecule has 2 amide bonds. The fourth-order valence-corrected chi connectivity index (χ4v) is 3.43. The molecule has 3 rings (SSSR count). The maximum atomic E-state index is 12.3. The Hall–Kier alpha value is -3.13. The predicted molar refractivity (Wildman–Crippen MR) is 108 cm³/mol. The van der Waals surface area contributed by atoms with Gasteiger partial charge in [-0.15, -0.1) is 0 Å². The van der Waals surface area contributed by atoms with Crippen molar-refractivity contribution in [3.63, 3.8) is 0 Å². The summed E-state index contributed by atoms with van der Waals surface area (Å²) in [6.45, 7) is 0. The molecule has 2 aromatic carbocycles. The van der Waals surface area contributed by atoms with E-state index >= 15 is 0 Å². The minimum atomic E-state index is -0.529. The van der Waals surface area contributed by atoms with Gasteiger partial charge in [-0.05, 0) is 17.7 Å². The van der Waals surface area contributed by atoms with Gasteiger partial charge in [0, 0.05) is 0 Å². The summed E-state index contributed by atoms with van der Waals surface area (Å²) in [6, 6.07) is 15.9. The highest BCUT2D eigenvalue weighted by atomic mass is 32.2. The van der Waals surface area contributed by atoms with E-state index < -0.39 is 5.97 Å². The molecule has 1 aliphatic heterocycles. The van der Waals surface area contributed by atoms with Crippen LogP contribution in [0.15, 0.2) is 59.6 Å². The van der Waals surface area contributed by atoms with Crippen molar-refractivity contribution in [2.45, 2.75) is 12.5 Å². The van der Waals surface area contributed by atoms with Crippen molar-refractivity contribution >= 4 is 40.4 Å². The number of methoxy groups -OCH3 is 1. The van der Waals surface area contributed by atoms with Crippen LogP contribution in [0.1, 0.15) is 28.4 Å². The van der Waals surface area contributed by atoms with Gasteiger partial charge in [0.2, 0.25) is 11.8 Å². The highest BCUT2D eigenvalue weighted by molar-refractivity contribution is 8.14. The predicted octanol–water partition coefficient (Wildman–Crippen LogP) is 2.76. The van der Waals surface area contributed by atoms with E-state index in [0.717, 1.165) is 17.3 Å². The minimum absolute atomic E-state index is 0.0378. The summed E-state index contributed by atoms with van der Waals surface area (Å²) in [5.41, 5.74) is 1.60. The molecule has 8 heteroatoms. The summed E-state index contributed by atoms with van der Waals surface area (Å²) < 4.78 is 4.72. The Kier molecular flexibility index (Phi) is 6.44. The summed E-state index contributed by atoms with van der Waals surface area (Å²) in [5, 5.41) is 5.79. The Balaban J connectivity index is 1.64. The number of anilines is 1. The van der Waals surface area contributed by atoms with E-state index in [4.69, 9.17) is 4.74 Å². The molecule has 0 bridgehead atoms. The average Bonchev–Trinajstić information content (AvgIpc) is 2.72. The zero-order valence-electron chi connectivity index (χ0n) is 15.2. The number of rotatable bonds is 5. The first-order valence-electron chi connectivity index (χ1n) is 8.59. The zero-order valence-corrected chi connectivity index (χ0v) is 16.0. The summed E-state index contributed by atoms with van der Waals surface area (Å²) in [7, 11) is 1.28. The van der Waals surface area contributed by atoms with Crippen molar-refractivity contribution in [1.29, 1.82) is 0 Å². The number of ether oxygens (including phenoxy) is 1. The van der Waals surface area contributed by atoms with E-state index in [1.54, 1.807) is 24.3 Å². The van der Waals surface area contributed by atoms with Crippen molar-refractivity contribution in [2.75, 3.05) is 18.2 Å². The highest BCUT2D eigenvalue weighted by Gasteiger charge is 2.23. The lowest BCUT2D eigenvalue weighted by molar-refractivity contribution is -0.120. The molecule has 144 valence electrons. The maximum Gasteiger partial charge on any atom is 0.339 e. The van der Waals surface area contributed by atoms with E-state index in [2.05, 4.69) is 15.6 Å². The fourth-order valence-electron chi connectivity index (χ4n) is 2.71. The molecule has 28 heavy (non-hydrogen) atoms. The van der Waals surface area contributed by atoms with Gasteiger partial charge < -0.3 is 15.4 Å². The first kappa shape index (κ1) is 19.6. The number of benzene rings is 2. The van der Waals surface area contributed by atoms with Crippen LogP contribution in [-0.4, -0.2) is 35.8 Å². The van der Waals surface area contributed by atoms with Gasteiger partial charge in [0.25, 0.3) is 0 Å². The fraction of sp³-hybridized carbons (Fsp3) is 0.200. The van der Waals surface area contributed by atoms with Crippen molar-refractivity contribution in [1.82, 2.24) is 5.32 Å². The number of para-hydroxylation sites is 1. The summed E-state index contributed by atoms with van der Waals surface area (Å²) in [5.74, 6) is -0.947. The number of carbonyl (C=O) groups excluding carboxylic acids is 3. The van der Waals surface area contributed by atoms with Crippen LogP contribution in [0, 0.1) is 0 Å². The van der Waals surface area contributed by atoms with Crippen LogP contribution in [0.2, 0.25) is 0 Å². The van der Waals surface area contributed by atoms with Crippen LogP contribution in [0.4, 0.5) is 5.69 Å². The number of aliphatic imine (C=N–C) groups is 1. The lowest BCUT2D eigenvalue weighted by atomic mass is 10.0. The Bertz CT molecular complexity index is 915. The molecule has 0 fully saturated rings. The maximum absolute atomic E-state index is 12.3. The molecule has 0 aromatic heterocycles. The van der Waals surface area contributed by atoms with Crippen molar-refractivity contribution in [3.8, 4) is 0 Å². The number of esters is 1. The molecule has 0 spiro atoms. The molecule has 1 heterocycles. The van der Waals surface area contributed by atoms with Gasteiger partial charge in [0.1, 0.15) is 0 Å². The third-order valence-corrected chi connectivity index (χ3v) is 4.92. The number of nitrogens with one attached hydrogen (secondary N) is 2. The average molecular weight is 397 g/mol. The number of nitrogens with zero attached hydrogens (tertiary/aromatic N) is 1. The first-order chi connectivity index (χ1) is 13.6. The van der Waals surface area contributed by atoms with Crippen LogP contribution < -0.4 is 10.6 Å². The van der Waals surface area contributed by atoms with E-state index in [1.165, 1.54) is 7.11 Å². The monoisotopic (exact) mass is 397 g/mol. The molecule has 2 aromatic rings. The molecule has 0 saturated carbocycles. The Morgan fingerprint density at radius 3 is 2.64 bits per heavy atom. The van der Waals surface area contributed by atoms with E-state index in [1.807, 2.05) is 30.3 Å². The van der Waals surface area contributed by atoms with Crippen molar-refractivity contribution in [2.24, 2.45) is 4.99 Å². The smallest absolute Gasteiger partial charge is 0.339 e. The van der Waals surface area contributed by atoms with Gasteiger partial charge in [0.05, 0.1) is 36.6 Å². The molecule has 0 aliphatic carbocycles. The van der Waals surface area contributed by atoms with Gasteiger partial charge in [-0.25, -0.2) is 4.79 Å². The van der Waals surface area contributed by atoms with Crippen LogP contribution in [-0.2, 0) is 14.3 Å². The summed E-state index contributed by atoms with van der Waals surface area (Å²) in [4.78, 5) is 40.6. The van der Waals surface area contributed by atoms with Crippen molar-refractivity contribution < 1.29 is 19.1 Å². The molecular formula is C20H19N3O4S.